The maximum Gasteiger partial charge on any atom is 0.238 e. The van der Waals surface area contributed by atoms with E-state index in [0.29, 0.717) is 24.7 Å². The van der Waals surface area contributed by atoms with Crippen LogP contribution in [-0.4, -0.2) is 52.9 Å². The fourth-order valence-electron chi connectivity index (χ4n) is 3.16. The van der Waals surface area contributed by atoms with Crippen molar-refractivity contribution in [2.24, 2.45) is 5.84 Å². The van der Waals surface area contributed by atoms with E-state index in [4.69, 9.17) is 5.84 Å². The molecule has 0 radical (unpaired) electrons. The number of anilines is 2. The van der Waals surface area contributed by atoms with Crippen LogP contribution in [-0.2, 0) is 22.4 Å². The van der Waals surface area contributed by atoms with Crippen molar-refractivity contribution in [3.05, 3.63) is 47.8 Å². The van der Waals surface area contributed by atoms with Crippen LogP contribution < -0.4 is 15.8 Å². The summed E-state index contributed by atoms with van der Waals surface area (Å²) in [5.41, 5.74) is 2.90. The summed E-state index contributed by atoms with van der Waals surface area (Å²) >= 11 is 0. The van der Waals surface area contributed by atoms with Gasteiger partial charge in [0.1, 0.15) is 0 Å². The number of benzene rings is 1. The lowest BCUT2D eigenvalue weighted by atomic mass is 10.1. The van der Waals surface area contributed by atoms with E-state index in [0.717, 1.165) is 42.1 Å². The van der Waals surface area contributed by atoms with E-state index in [9.17, 15) is 9.59 Å². The predicted octanol–water partition coefficient (Wildman–Crippen LogP) is 1.16. The molecular formula is C20H26N6O2. The molecule has 0 unspecified atom stereocenters. The van der Waals surface area contributed by atoms with E-state index < -0.39 is 0 Å². The van der Waals surface area contributed by atoms with Crippen LogP contribution in [0.25, 0.3) is 0 Å². The zero-order chi connectivity index (χ0) is 20.1. The van der Waals surface area contributed by atoms with Crippen LogP contribution in [0.2, 0.25) is 0 Å². The number of aromatic nitrogens is 2. The Balaban J connectivity index is 1.52. The fraction of sp³-hybridized carbons (Fsp3) is 0.400. The average molecular weight is 382 g/mol. The molecule has 1 aliphatic rings. The molecule has 1 saturated heterocycles. The summed E-state index contributed by atoms with van der Waals surface area (Å²) < 4.78 is 0. The number of hydrazine groups is 1. The first-order valence-electron chi connectivity index (χ1n) is 9.40. The van der Waals surface area contributed by atoms with Crippen LogP contribution in [0.3, 0.4) is 0 Å². The Labute approximate surface area is 164 Å². The summed E-state index contributed by atoms with van der Waals surface area (Å²) in [6.45, 7) is 5.96. The molecule has 148 valence electrons. The van der Waals surface area contributed by atoms with Gasteiger partial charge in [0.15, 0.2) is 0 Å². The monoisotopic (exact) mass is 382 g/mol. The summed E-state index contributed by atoms with van der Waals surface area (Å²) in [5.74, 6) is 6.32. The number of hydrogen-bond donors (Lipinski definition) is 1. The van der Waals surface area contributed by atoms with Crippen molar-refractivity contribution in [2.75, 3.05) is 36.1 Å². The molecule has 1 aliphatic heterocycles. The number of carbonyl (C=O) groups is 2. The first-order chi connectivity index (χ1) is 13.4. The lowest BCUT2D eigenvalue weighted by Crippen LogP contribution is -2.48. The van der Waals surface area contributed by atoms with Gasteiger partial charge < -0.3 is 9.80 Å². The quantitative estimate of drug-likeness (QED) is 0.474. The van der Waals surface area contributed by atoms with Gasteiger partial charge in [-0.05, 0) is 36.1 Å². The van der Waals surface area contributed by atoms with E-state index in [1.807, 2.05) is 41.6 Å². The van der Waals surface area contributed by atoms with E-state index in [2.05, 4.69) is 14.9 Å². The number of hydrogen-bond acceptors (Lipinski definition) is 6. The Morgan fingerprint density at radius 1 is 0.964 bits per heavy atom. The molecule has 2 N–H and O–H groups in total. The van der Waals surface area contributed by atoms with Gasteiger partial charge in [-0.1, -0.05) is 12.1 Å². The topological polar surface area (TPSA) is 95.7 Å². The number of rotatable bonds is 5. The fourth-order valence-corrected chi connectivity index (χ4v) is 3.16. The molecule has 28 heavy (non-hydrogen) atoms. The molecule has 1 aromatic carbocycles. The van der Waals surface area contributed by atoms with Gasteiger partial charge >= 0.3 is 0 Å². The maximum atomic E-state index is 11.4. The van der Waals surface area contributed by atoms with Crippen molar-refractivity contribution in [1.82, 2.24) is 14.9 Å². The number of nitrogens with two attached hydrogens (primary N) is 1. The van der Waals surface area contributed by atoms with Crippen LogP contribution in [0.15, 0.2) is 36.7 Å². The Bertz CT molecular complexity index is 814. The minimum atomic E-state index is -0.201. The summed E-state index contributed by atoms with van der Waals surface area (Å²) in [4.78, 5) is 35.6. The zero-order valence-electron chi connectivity index (χ0n) is 16.3. The first kappa shape index (κ1) is 19.8. The molecule has 0 saturated carbocycles. The highest BCUT2D eigenvalue weighted by Crippen LogP contribution is 2.15. The molecule has 2 amide bonds. The average Bonchev–Trinajstić information content (AvgIpc) is 2.72. The minimum absolute atomic E-state index is 0.115. The molecule has 2 heterocycles. The molecule has 0 aliphatic carbocycles. The van der Waals surface area contributed by atoms with E-state index in [-0.39, 0.29) is 11.8 Å². The van der Waals surface area contributed by atoms with Crippen LogP contribution >= 0.6 is 0 Å². The molecule has 1 fully saturated rings. The van der Waals surface area contributed by atoms with Gasteiger partial charge in [-0.25, -0.2) is 20.8 Å². The zero-order valence-corrected chi connectivity index (χ0v) is 16.3. The normalized spacial score (nSPS) is 14.1. The second-order valence-electron chi connectivity index (χ2n) is 6.94. The first-order valence-corrected chi connectivity index (χ1v) is 9.40. The third-order valence-corrected chi connectivity index (χ3v) is 4.96. The van der Waals surface area contributed by atoms with Crippen molar-refractivity contribution >= 4 is 23.5 Å². The third kappa shape index (κ3) is 4.83. The largest absolute Gasteiger partial charge is 0.339 e. The van der Waals surface area contributed by atoms with Crippen LogP contribution in [0.1, 0.15) is 25.0 Å². The lowest BCUT2D eigenvalue weighted by Gasteiger charge is -2.34. The van der Waals surface area contributed by atoms with Crippen molar-refractivity contribution in [1.29, 1.82) is 0 Å². The molecule has 0 bridgehead atoms. The third-order valence-electron chi connectivity index (χ3n) is 4.96. The molecule has 8 nitrogen and oxygen atoms in total. The van der Waals surface area contributed by atoms with E-state index in [1.165, 1.54) is 6.92 Å². The number of nitrogens with zero attached hydrogens (tertiary/aromatic N) is 5. The standard InChI is InChI=1S/C20H26N6O2/c1-15(27)24-9-11-25(12-10-24)20-22-13-18(14-23-20)4-3-17-5-7-19(8-6-17)26(21)16(2)28/h5-8,13-14H,3-4,9-12,21H2,1-2H3. The second kappa shape index (κ2) is 8.79. The van der Waals surface area contributed by atoms with Crippen LogP contribution in [0.4, 0.5) is 11.6 Å². The Morgan fingerprint density at radius 3 is 2.07 bits per heavy atom. The number of piperazine rings is 1. The molecule has 3 rings (SSSR count). The molecule has 1 aromatic heterocycles. The van der Waals surface area contributed by atoms with Gasteiger partial charge in [-0.3, -0.25) is 9.59 Å². The van der Waals surface area contributed by atoms with Crippen molar-refractivity contribution in [3.8, 4) is 0 Å². The molecule has 2 aromatic rings. The highest BCUT2D eigenvalue weighted by atomic mass is 16.2. The van der Waals surface area contributed by atoms with Gasteiger partial charge in [0.05, 0.1) is 5.69 Å². The summed E-state index contributed by atoms with van der Waals surface area (Å²) in [5, 5.41) is 1.13. The van der Waals surface area contributed by atoms with Crippen LogP contribution in [0, 0.1) is 0 Å². The van der Waals surface area contributed by atoms with Crippen molar-refractivity contribution in [3.63, 3.8) is 0 Å². The molecule has 0 atom stereocenters. The minimum Gasteiger partial charge on any atom is -0.339 e. The van der Waals surface area contributed by atoms with E-state index in [1.54, 1.807) is 6.92 Å². The van der Waals surface area contributed by atoms with Gasteiger partial charge in [0.25, 0.3) is 0 Å². The van der Waals surface area contributed by atoms with Gasteiger partial charge in [-0.15, -0.1) is 0 Å². The predicted molar refractivity (Wildman–Crippen MR) is 108 cm³/mol. The maximum absolute atomic E-state index is 11.4. The highest BCUT2D eigenvalue weighted by Gasteiger charge is 2.20. The Morgan fingerprint density at radius 2 is 1.54 bits per heavy atom. The van der Waals surface area contributed by atoms with Gasteiger partial charge in [0.2, 0.25) is 17.8 Å². The van der Waals surface area contributed by atoms with Crippen molar-refractivity contribution in [2.45, 2.75) is 26.7 Å². The molecule has 8 heteroatoms. The molecular weight excluding hydrogens is 356 g/mol. The molecule has 0 spiro atoms. The number of carbonyl (C=O) groups excluding carboxylic acids is 2. The number of aryl methyl sites for hydroxylation is 2. The second-order valence-corrected chi connectivity index (χ2v) is 6.94. The lowest BCUT2D eigenvalue weighted by molar-refractivity contribution is -0.129. The smallest absolute Gasteiger partial charge is 0.238 e. The van der Waals surface area contributed by atoms with Gasteiger partial charge in [-0.2, -0.15) is 0 Å². The van der Waals surface area contributed by atoms with Crippen molar-refractivity contribution < 1.29 is 9.59 Å². The highest BCUT2D eigenvalue weighted by molar-refractivity contribution is 5.90. The summed E-state index contributed by atoms with van der Waals surface area (Å²) in [6, 6.07) is 7.64. The summed E-state index contributed by atoms with van der Waals surface area (Å²) in [7, 11) is 0. The summed E-state index contributed by atoms with van der Waals surface area (Å²) in [6.07, 6.45) is 5.42. The van der Waals surface area contributed by atoms with Gasteiger partial charge in [0, 0.05) is 52.4 Å². The Kier molecular flexibility index (Phi) is 6.20. The Hall–Kier alpha value is -3.00. The van der Waals surface area contributed by atoms with Crippen LogP contribution in [0.5, 0.6) is 0 Å². The number of amides is 2. The SMILES string of the molecule is CC(=O)N1CCN(c2ncc(CCc3ccc(N(N)C(C)=O)cc3)cn2)CC1. The van der Waals surface area contributed by atoms with E-state index >= 15 is 0 Å².